The van der Waals surface area contributed by atoms with Gasteiger partial charge in [0.2, 0.25) is 11.8 Å². The van der Waals surface area contributed by atoms with Crippen molar-refractivity contribution in [2.45, 2.75) is 13.8 Å². The number of amides is 2. The first-order chi connectivity index (χ1) is 8.93. The van der Waals surface area contributed by atoms with Crippen molar-refractivity contribution in [2.24, 2.45) is 5.92 Å². The summed E-state index contributed by atoms with van der Waals surface area (Å²) in [5, 5.41) is 2.71. The van der Waals surface area contributed by atoms with Crippen LogP contribution in [0.4, 0.5) is 5.69 Å². The van der Waals surface area contributed by atoms with Crippen LogP contribution < -0.4 is 5.32 Å². The summed E-state index contributed by atoms with van der Waals surface area (Å²) in [6.45, 7) is 3.62. The van der Waals surface area contributed by atoms with Gasteiger partial charge in [-0.2, -0.15) is 0 Å². The van der Waals surface area contributed by atoms with Crippen LogP contribution in [0.25, 0.3) is 0 Å². The van der Waals surface area contributed by atoms with Gasteiger partial charge in [0.05, 0.1) is 6.54 Å². The molecule has 0 aliphatic rings. The fourth-order valence-electron chi connectivity index (χ4n) is 1.62. The number of anilines is 1. The summed E-state index contributed by atoms with van der Waals surface area (Å²) >= 11 is 0. The highest BCUT2D eigenvalue weighted by Crippen LogP contribution is 2.09. The lowest BCUT2D eigenvalue weighted by Gasteiger charge is -2.18. The number of hydrogen-bond acceptors (Lipinski definition) is 2. The van der Waals surface area contributed by atoms with E-state index < -0.39 is 0 Å². The fourth-order valence-corrected chi connectivity index (χ4v) is 1.62. The van der Waals surface area contributed by atoms with Crippen molar-refractivity contribution in [2.75, 3.05) is 18.9 Å². The quantitative estimate of drug-likeness (QED) is 0.836. The van der Waals surface area contributed by atoms with E-state index in [9.17, 15) is 9.59 Å². The summed E-state index contributed by atoms with van der Waals surface area (Å²) in [5.74, 6) is 2.07. The molecule has 0 radical (unpaired) electrons. The van der Waals surface area contributed by atoms with E-state index >= 15 is 0 Å². The van der Waals surface area contributed by atoms with Gasteiger partial charge in [0, 0.05) is 24.2 Å². The number of nitrogens with one attached hydrogen (secondary N) is 1. The van der Waals surface area contributed by atoms with Gasteiger partial charge >= 0.3 is 0 Å². The second-order valence-corrected chi connectivity index (χ2v) is 4.62. The third-order valence-electron chi connectivity index (χ3n) is 2.56. The van der Waals surface area contributed by atoms with E-state index in [-0.39, 0.29) is 24.3 Å². The SMILES string of the molecule is C#Cc1cccc(NC(=O)CN(C)C(=O)C(C)C)c1. The number of likely N-dealkylation sites (N-methyl/N-ethyl adjacent to an activating group) is 1. The first kappa shape index (κ1) is 14.8. The van der Waals surface area contributed by atoms with E-state index in [1.807, 2.05) is 0 Å². The summed E-state index contributed by atoms with van der Waals surface area (Å²) < 4.78 is 0. The molecule has 1 N–H and O–H groups in total. The molecule has 4 nitrogen and oxygen atoms in total. The number of carbonyl (C=O) groups excluding carboxylic acids is 2. The number of hydrogen-bond donors (Lipinski definition) is 1. The Bertz CT molecular complexity index is 515. The van der Waals surface area contributed by atoms with Crippen molar-refractivity contribution < 1.29 is 9.59 Å². The standard InChI is InChI=1S/C15H18N2O2/c1-5-12-7-6-8-13(9-12)16-14(18)10-17(4)15(19)11(2)3/h1,6-9,11H,10H2,2-4H3,(H,16,18). The van der Waals surface area contributed by atoms with E-state index in [0.717, 1.165) is 0 Å². The van der Waals surface area contributed by atoms with Gasteiger partial charge in [-0.1, -0.05) is 25.8 Å². The van der Waals surface area contributed by atoms with Crippen molar-refractivity contribution in [1.82, 2.24) is 4.90 Å². The summed E-state index contributed by atoms with van der Waals surface area (Å²) in [6.07, 6.45) is 5.29. The topological polar surface area (TPSA) is 49.4 Å². The number of terminal acetylenes is 1. The molecule has 2 amide bonds. The summed E-state index contributed by atoms with van der Waals surface area (Å²) in [4.78, 5) is 24.9. The number of nitrogens with zero attached hydrogens (tertiary/aromatic N) is 1. The van der Waals surface area contributed by atoms with E-state index in [2.05, 4.69) is 11.2 Å². The first-order valence-corrected chi connectivity index (χ1v) is 6.05. The van der Waals surface area contributed by atoms with E-state index in [1.165, 1.54) is 4.90 Å². The third kappa shape index (κ3) is 4.47. The largest absolute Gasteiger partial charge is 0.336 e. The molecule has 0 aliphatic heterocycles. The smallest absolute Gasteiger partial charge is 0.243 e. The Hall–Kier alpha value is -2.28. The monoisotopic (exact) mass is 258 g/mol. The molecule has 0 saturated carbocycles. The van der Waals surface area contributed by atoms with Crippen molar-refractivity contribution in [1.29, 1.82) is 0 Å². The minimum Gasteiger partial charge on any atom is -0.336 e. The normalized spacial score (nSPS) is 9.84. The number of carbonyl (C=O) groups is 2. The van der Waals surface area contributed by atoms with Gasteiger partial charge in [0.1, 0.15) is 0 Å². The van der Waals surface area contributed by atoms with Crippen LogP contribution in [0.15, 0.2) is 24.3 Å². The molecule has 1 aromatic rings. The van der Waals surface area contributed by atoms with Gasteiger partial charge in [-0.25, -0.2) is 0 Å². The average Bonchev–Trinajstić information content (AvgIpc) is 2.37. The molecule has 0 unspecified atom stereocenters. The van der Waals surface area contributed by atoms with Crippen LogP contribution >= 0.6 is 0 Å². The molecule has 4 heteroatoms. The lowest BCUT2D eigenvalue weighted by molar-refractivity contribution is -0.136. The average molecular weight is 258 g/mol. The predicted octanol–water partition coefficient (Wildman–Crippen LogP) is 1.72. The minimum absolute atomic E-state index is 0.0251. The van der Waals surface area contributed by atoms with Crippen LogP contribution in [-0.4, -0.2) is 30.3 Å². The molecule has 0 fully saturated rings. The Kier molecular flexibility index (Phi) is 5.13. The molecule has 100 valence electrons. The van der Waals surface area contributed by atoms with Crippen LogP contribution in [0.3, 0.4) is 0 Å². The maximum Gasteiger partial charge on any atom is 0.243 e. The molecule has 0 bridgehead atoms. The molecule has 0 spiro atoms. The van der Waals surface area contributed by atoms with E-state index in [4.69, 9.17) is 6.42 Å². The number of benzene rings is 1. The molecule has 0 aliphatic carbocycles. The van der Waals surface area contributed by atoms with Gasteiger partial charge in [0.25, 0.3) is 0 Å². The van der Waals surface area contributed by atoms with Crippen LogP contribution in [0, 0.1) is 18.3 Å². The zero-order valence-electron chi connectivity index (χ0n) is 11.4. The zero-order valence-corrected chi connectivity index (χ0v) is 11.4. The van der Waals surface area contributed by atoms with Gasteiger partial charge in [0.15, 0.2) is 0 Å². The predicted molar refractivity (Wildman–Crippen MR) is 75.5 cm³/mol. The summed E-state index contributed by atoms with van der Waals surface area (Å²) in [6, 6.07) is 7.02. The van der Waals surface area contributed by atoms with Crippen molar-refractivity contribution >= 4 is 17.5 Å². The summed E-state index contributed by atoms with van der Waals surface area (Å²) in [7, 11) is 1.61. The molecule has 1 rings (SSSR count). The first-order valence-electron chi connectivity index (χ1n) is 6.05. The maximum atomic E-state index is 11.8. The van der Waals surface area contributed by atoms with Gasteiger partial charge < -0.3 is 10.2 Å². The van der Waals surface area contributed by atoms with Gasteiger partial charge in [-0.15, -0.1) is 6.42 Å². The molecule has 0 aromatic heterocycles. The highest BCUT2D eigenvalue weighted by molar-refractivity contribution is 5.94. The summed E-state index contributed by atoms with van der Waals surface area (Å²) in [5.41, 5.74) is 1.33. The van der Waals surface area contributed by atoms with Crippen LogP contribution in [0.2, 0.25) is 0 Å². The lowest BCUT2D eigenvalue weighted by atomic mass is 10.2. The highest BCUT2D eigenvalue weighted by Gasteiger charge is 2.15. The van der Waals surface area contributed by atoms with Crippen LogP contribution in [0.1, 0.15) is 19.4 Å². The Morgan fingerprint density at radius 1 is 1.42 bits per heavy atom. The minimum atomic E-state index is -0.245. The second-order valence-electron chi connectivity index (χ2n) is 4.62. The van der Waals surface area contributed by atoms with Gasteiger partial charge in [-0.3, -0.25) is 9.59 Å². The third-order valence-corrected chi connectivity index (χ3v) is 2.56. The van der Waals surface area contributed by atoms with E-state index in [1.54, 1.807) is 45.2 Å². The Balaban J connectivity index is 2.60. The van der Waals surface area contributed by atoms with Crippen LogP contribution in [0.5, 0.6) is 0 Å². The highest BCUT2D eigenvalue weighted by atomic mass is 16.2. The molecular weight excluding hydrogens is 240 g/mol. The fraction of sp³-hybridized carbons (Fsp3) is 0.333. The lowest BCUT2D eigenvalue weighted by Crippen LogP contribution is -2.37. The maximum absolute atomic E-state index is 11.8. The van der Waals surface area contributed by atoms with Crippen LogP contribution in [-0.2, 0) is 9.59 Å². The Morgan fingerprint density at radius 2 is 2.11 bits per heavy atom. The van der Waals surface area contributed by atoms with Crippen molar-refractivity contribution in [3.63, 3.8) is 0 Å². The second kappa shape index (κ2) is 6.60. The van der Waals surface area contributed by atoms with Gasteiger partial charge in [-0.05, 0) is 18.2 Å². The van der Waals surface area contributed by atoms with Crippen molar-refractivity contribution in [3.8, 4) is 12.3 Å². The zero-order chi connectivity index (χ0) is 14.4. The molecule has 19 heavy (non-hydrogen) atoms. The number of rotatable bonds is 4. The molecule has 0 atom stereocenters. The molecule has 0 saturated heterocycles. The Morgan fingerprint density at radius 3 is 2.68 bits per heavy atom. The molecule has 1 aromatic carbocycles. The molecular formula is C15H18N2O2. The Labute approximate surface area is 113 Å². The van der Waals surface area contributed by atoms with E-state index in [0.29, 0.717) is 11.3 Å². The van der Waals surface area contributed by atoms with Crippen molar-refractivity contribution in [3.05, 3.63) is 29.8 Å². The molecule has 0 heterocycles.